The van der Waals surface area contributed by atoms with Gasteiger partial charge in [0.25, 0.3) is 17.7 Å². The average molecular weight is 1460 g/mol. The Hall–Kier alpha value is -9.15. The zero-order valence-corrected chi connectivity index (χ0v) is 54.9. The number of hydrogen-bond donors (Lipinski definition) is 0. The van der Waals surface area contributed by atoms with Crippen molar-refractivity contribution in [3.05, 3.63) is 224 Å². The number of halogens is 15. The van der Waals surface area contributed by atoms with Crippen LogP contribution in [-0.2, 0) is 37.8 Å². The van der Waals surface area contributed by atoms with Gasteiger partial charge in [-0.15, -0.1) is 4.80 Å². The number of aromatic nitrogens is 10. The van der Waals surface area contributed by atoms with Gasteiger partial charge in [-0.3, -0.25) is 29.3 Å². The van der Waals surface area contributed by atoms with Gasteiger partial charge in [-0.05, 0) is 149 Å². The van der Waals surface area contributed by atoms with Crippen LogP contribution in [0, 0.1) is 35.2 Å². The molecule has 15 rings (SSSR count). The number of pyridine rings is 3. The smallest absolute Gasteiger partial charge is 0.332 e. The lowest BCUT2D eigenvalue weighted by Crippen LogP contribution is -2.37. The summed E-state index contributed by atoms with van der Waals surface area (Å²) in [5, 5.41) is 7.84. The zero-order valence-electron chi connectivity index (χ0n) is 52.7. The number of rotatable bonds is 12. The molecule has 6 saturated heterocycles. The second kappa shape index (κ2) is 28.3. The van der Waals surface area contributed by atoms with Crippen LogP contribution in [0.15, 0.2) is 141 Å². The fourth-order valence-corrected chi connectivity index (χ4v) is 16.0. The van der Waals surface area contributed by atoms with E-state index in [0.29, 0.717) is 60.3 Å². The van der Waals surface area contributed by atoms with E-state index in [4.69, 9.17) is 34.8 Å². The molecule has 6 aliphatic rings. The third kappa shape index (κ3) is 14.4. The van der Waals surface area contributed by atoms with Gasteiger partial charge in [-0.2, -0.15) is 49.7 Å². The summed E-state index contributed by atoms with van der Waals surface area (Å²) >= 11 is 18.3. The summed E-state index contributed by atoms with van der Waals surface area (Å²) in [5.74, 6) is -2.12. The van der Waals surface area contributed by atoms with Gasteiger partial charge < -0.3 is 14.7 Å². The maximum Gasteiger partial charge on any atom is 0.417 e. The highest BCUT2D eigenvalue weighted by Gasteiger charge is 2.52. The first-order valence-corrected chi connectivity index (χ1v) is 33.2. The molecule has 6 bridgehead atoms. The van der Waals surface area contributed by atoms with E-state index in [1.54, 1.807) is 52.3 Å². The summed E-state index contributed by atoms with van der Waals surface area (Å²) in [5.41, 5.74) is -0.175. The molecular formula is C70H56Cl3F12N13O3. The SMILES string of the molecule is O=C(c1cccc(F)c1-c1ncccn1)N1C2CCC1C(Cc1ncc(C(F)(F)F)cc1Cl)C2.O=C(c1cccc(F)c1-n1nccn1)N1C2CCC1C(Cc1ncc(C(F)(F)F)cc1Cl)C2.O=C(c1ccccc1-c1ncc(F)cn1)N1C2CCC1C(Cc1ncc(C(F)(F)F)cc1Cl)C2. The van der Waals surface area contributed by atoms with Crippen LogP contribution in [0.3, 0.4) is 0 Å². The summed E-state index contributed by atoms with van der Waals surface area (Å²) in [6.07, 6.45) is 4.71. The summed E-state index contributed by atoms with van der Waals surface area (Å²) in [6.45, 7) is 0. The van der Waals surface area contributed by atoms with Gasteiger partial charge in [0, 0.05) is 72.8 Å². The van der Waals surface area contributed by atoms with Gasteiger partial charge in [-0.25, -0.2) is 33.1 Å². The molecule has 3 amide bonds. The second-order valence-electron chi connectivity index (χ2n) is 25.5. The third-order valence-corrected chi connectivity index (χ3v) is 20.7. The molecule has 0 spiro atoms. The fraction of sp³-hybridized carbons (Fsp3) is 0.343. The maximum absolute atomic E-state index is 14.8. The van der Waals surface area contributed by atoms with Crippen molar-refractivity contribution >= 4 is 52.5 Å². The van der Waals surface area contributed by atoms with Gasteiger partial charge >= 0.3 is 18.5 Å². The third-order valence-electron chi connectivity index (χ3n) is 19.7. The first-order chi connectivity index (χ1) is 48.2. The van der Waals surface area contributed by atoms with E-state index in [1.807, 2.05) is 4.90 Å². The number of carbonyl (C=O) groups is 3. The van der Waals surface area contributed by atoms with Gasteiger partial charge in [0.2, 0.25) is 0 Å². The minimum absolute atomic E-state index is 0.00517. The first kappa shape index (κ1) is 70.3. The molecule has 0 aliphatic carbocycles. The van der Waals surface area contributed by atoms with Gasteiger partial charge in [0.05, 0.1) is 95.9 Å². The Morgan fingerprint density at radius 3 is 1.26 bits per heavy atom. The van der Waals surface area contributed by atoms with Crippen LogP contribution >= 0.6 is 34.8 Å². The Morgan fingerprint density at radius 1 is 0.426 bits per heavy atom. The van der Waals surface area contributed by atoms with Gasteiger partial charge in [-0.1, -0.05) is 65.1 Å². The second-order valence-corrected chi connectivity index (χ2v) is 26.8. The highest BCUT2D eigenvalue weighted by molar-refractivity contribution is 6.32. The predicted molar refractivity (Wildman–Crippen MR) is 343 cm³/mol. The number of benzene rings is 3. The zero-order chi connectivity index (χ0) is 71.4. The normalized spacial score (nSPS) is 21.9. The Bertz CT molecular complexity index is 4580. The molecule has 6 aliphatic heterocycles. The Labute approximate surface area is 583 Å². The standard InChI is InChI=1S/2C24H19ClF4N4O.C22H18ClF4N5O/c25-17-11-14(24(27,28)29)12-32-19(17)10-13-9-15-5-6-20(13)33(15)23(34)16-3-1-4-18(26)21(16)22-30-7-2-8-31-22;25-19-9-14(24(27,28)29)10-30-20(19)8-13-7-16-5-6-21(13)33(16)23(34)18-4-2-1-3-17(18)22-31-11-15(26)12-32-22;23-16-10-13(22(25,26)27)11-28-18(16)9-12-8-14-4-5-19(12)31(14)21(33)15-2-1-3-17(24)20(15)32-29-6-7-30-32/h1-4,7-8,11-13,15,20H,5-6,9-10H2;1-4,9-13,16,21H,5-8H2;1-3,6-7,10-12,14,19H,4-5,8-9H2. The van der Waals surface area contributed by atoms with Crippen LogP contribution in [0.2, 0.25) is 15.1 Å². The summed E-state index contributed by atoms with van der Waals surface area (Å²) in [4.78, 5) is 75.4. The van der Waals surface area contributed by atoms with Crippen molar-refractivity contribution in [2.75, 3.05) is 0 Å². The number of alkyl halides is 9. The summed E-state index contributed by atoms with van der Waals surface area (Å²) in [6, 6.07) is 19.4. The van der Waals surface area contributed by atoms with Crippen molar-refractivity contribution in [3.8, 4) is 28.5 Å². The molecule has 0 saturated carbocycles. The summed E-state index contributed by atoms with van der Waals surface area (Å²) in [7, 11) is 0. The lowest BCUT2D eigenvalue weighted by molar-refractivity contribution is -0.138. The van der Waals surface area contributed by atoms with Crippen molar-refractivity contribution < 1.29 is 67.1 Å². The monoisotopic (exact) mass is 1460 g/mol. The molecular weight excluding hydrogens is 1410 g/mol. The molecule has 0 N–H and O–H groups in total. The minimum atomic E-state index is -4.52. The average Bonchev–Trinajstić information content (AvgIpc) is 1.62. The number of carbonyl (C=O) groups excluding carboxylic acids is 3. The molecule has 16 nitrogen and oxygen atoms in total. The van der Waals surface area contributed by atoms with Gasteiger partial charge in [0.1, 0.15) is 11.5 Å². The molecule has 101 heavy (non-hydrogen) atoms. The Morgan fingerprint density at radius 2 is 0.822 bits per heavy atom. The molecule has 3 aromatic carbocycles. The molecule has 31 heteroatoms. The Balaban J connectivity index is 0.000000135. The highest BCUT2D eigenvalue weighted by Crippen LogP contribution is 2.49. The van der Waals surface area contributed by atoms with Crippen LogP contribution < -0.4 is 0 Å². The lowest BCUT2D eigenvalue weighted by Gasteiger charge is -2.25. The predicted octanol–water partition coefficient (Wildman–Crippen LogP) is 15.9. The molecule has 9 aromatic rings. The van der Waals surface area contributed by atoms with E-state index in [1.165, 1.54) is 49.1 Å². The summed E-state index contributed by atoms with van der Waals surface area (Å²) < 4.78 is 159. The topological polar surface area (TPSA) is 182 Å². The number of amides is 3. The largest absolute Gasteiger partial charge is 0.417 e. The highest BCUT2D eigenvalue weighted by atomic mass is 35.5. The van der Waals surface area contributed by atoms with Crippen LogP contribution in [-0.4, -0.2) is 119 Å². The molecule has 524 valence electrons. The first-order valence-electron chi connectivity index (χ1n) is 32.1. The quantitative estimate of drug-likeness (QED) is 0.106. The van der Waals surface area contributed by atoms with Crippen LogP contribution in [0.25, 0.3) is 28.5 Å². The molecule has 12 heterocycles. The van der Waals surface area contributed by atoms with Crippen LogP contribution in [0.1, 0.15) is 123 Å². The van der Waals surface area contributed by atoms with Crippen LogP contribution in [0.5, 0.6) is 0 Å². The van der Waals surface area contributed by atoms with Crippen molar-refractivity contribution in [1.29, 1.82) is 0 Å². The number of para-hydroxylation sites is 1. The van der Waals surface area contributed by atoms with Crippen molar-refractivity contribution in [1.82, 2.24) is 64.6 Å². The van der Waals surface area contributed by atoms with E-state index >= 15 is 0 Å². The molecule has 6 fully saturated rings. The van der Waals surface area contributed by atoms with Gasteiger partial charge in [0.15, 0.2) is 23.3 Å². The van der Waals surface area contributed by atoms with Crippen molar-refractivity contribution in [2.24, 2.45) is 17.8 Å². The minimum Gasteiger partial charge on any atom is -0.332 e. The van der Waals surface area contributed by atoms with E-state index in [-0.39, 0.29) is 121 Å². The molecule has 9 unspecified atom stereocenters. The number of hydrogen-bond acceptors (Lipinski definition) is 12. The fourth-order valence-electron chi connectivity index (χ4n) is 15.3. The number of fused-ring (bicyclic) bond motifs is 6. The molecule has 0 radical (unpaired) electrons. The van der Waals surface area contributed by atoms with E-state index in [9.17, 15) is 67.1 Å². The lowest BCUT2D eigenvalue weighted by atomic mass is 9.86. The molecule has 6 aromatic heterocycles. The molecule has 9 atom stereocenters. The van der Waals surface area contributed by atoms with E-state index in [2.05, 4.69) is 45.1 Å². The Kier molecular flexibility index (Phi) is 19.7. The van der Waals surface area contributed by atoms with Crippen molar-refractivity contribution in [3.63, 3.8) is 0 Å². The van der Waals surface area contributed by atoms with E-state index in [0.717, 1.165) is 98.9 Å². The number of nitrogens with zero attached hydrogens (tertiary/aromatic N) is 13. The van der Waals surface area contributed by atoms with E-state index < -0.39 is 52.7 Å². The maximum atomic E-state index is 14.8. The van der Waals surface area contributed by atoms with Crippen molar-refractivity contribution in [2.45, 2.75) is 132 Å². The van der Waals surface area contributed by atoms with Crippen LogP contribution in [0.4, 0.5) is 52.7 Å².